The number of hydrogen-bond acceptors (Lipinski definition) is 3. The van der Waals surface area contributed by atoms with Gasteiger partial charge >= 0.3 is 11.6 Å². The first kappa shape index (κ1) is 15.3. The Morgan fingerprint density at radius 3 is 2.65 bits per heavy atom. The Morgan fingerprint density at radius 2 is 1.96 bits per heavy atom. The van der Waals surface area contributed by atoms with Gasteiger partial charge in [-0.25, -0.2) is 4.79 Å². The lowest BCUT2D eigenvalue weighted by atomic mass is 9.92. The molecular weight excluding hydrogens is 316 g/mol. The number of carboxylic acid groups (broad SMARTS) is 1. The molecule has 0 atom stereocenters. The molecule has 1 heterocycles. The van der Waals surface area contributed by atoms with Gasteiger partial charge in [-0.3, -0.25) is 4.79 Å². The van der Waals surface area contributed by atoms with Crippen LogP contribution in [0.4, 0.5) is 0 Å². The zero-order chi connectivity index (χ0) is 16.6. The van der Waals surface area contributed by atoms with E-state index >= 15 is 0 Å². The lowest BCUT2D eigenvalue weighted by Gasteiger charge is -2.13. The zero-order valence-electron chi connectivity index (χ0n) is 12.3. The summed E-state index contributed by atoms with van der Waals surface area (Å²) < 4.78 is 5.27. The van der Waals surface area contributed by atoms with E-state index in [0.29, 0.717) is 21.6 Å². The van der Waals surface area contributed by atoms with Crippen LogP contribution in [0.2, 0.25) is 5.02 Å². The van der Waals surface area contributed by atoms with Crippen LogP contribution in [0.25, 0.3) is 22.1 Å². The first-order valence-corrected chi connectivity index (χ1v) is 7.38. The van der Waals surface area contributed by atoms with Crippen molar-refractivity contribution < 1.29 is 14.3 Å². The number of aryl methyl sites for hydroxylation is 1. The van der Waals surface area contributed by atoms with E-state index in [4.69, 9.17) is 21.1 Å². The van der Waals surface area contributed by atoms with Crippen LogP contribution in [0.3, 0.4) is 0 Å². The fraction of sp³-hybridized carbons (Fsp3) is 0.111. The van der Waals surface area contributed by atoms with Gasteiger partial charge in [0.2, 0.25) is 0 Å². The van der Waals surface area contributed by atoms with Gasteiger partial charge in [0.1, 0.15) is 5.58 Å². The lowest BCUT2D eigenvalue weighted by Crippen LogP contribution is -2.15. The molecule has 0 fully saturated rings. The van der Waals surface area contributed by atoms with Crippen LogP contribution in [0.5, 0.6) is 0 Å². The van der Waals surface area contributed by atoms with Crippen LogP contribution >= 0.6 is 11.6 Å². The van der Waals surface area contributed by atoms with Crippen LogP contribution in [-0.2, 0) is 11.2 Å². The fourth-order valence-electron chi connectivity index (χ4n) is 2.69. The number of carboxylic acids is 1. The molecule has 0 amide bonds. The second-order valence-electron chi connectivity index (χ2n) is 5.27. The smallest absolute Gasteiger partial charge is 0.340 e. The van der Waals surface area contributed by atoms with E-state index in [2.05, 4.69) is 0 Å². The fourth-order valence-corrected chi connectivity index (χ4v) is 2.86. The monoisotopic (exact) mass is 328 g/mol. The van der Waals surface area contributed by atoms with Crippen molar-refractivity contribution in [2.24, 2.45) is 0 Å². The molecule has 3 aromatic rings. The molecule has 1 N–H and O–H groups in total. The van der Waals surface area contributed by atoms with Crippen molar-refractivity contribution in [3.63, 3.8) is 0 Å². The van der Waals surface area contributed by atoms with Gasteiger partial charge in [-0.15, -0.1) is 0 Å². The molecule has 2 aromatic carbocycles. The lowest BCUT2D eigenvalue weighted by molar-refractivity contribution is -0.136. The predicted octanol–water partition coefficient (Wildman–Crippen LogP) is 4.05. The van der Waals surface area contributed by atoms with Crippen molar-refractivity contribution in [1.82, 2.24) is 0 Å². The second-order valence-corrected chi connectivity index (χ2v) is 5.71. The summed E-state index contributed by atoms with van der Waals surface area (Å²) in [4.78, 5) is 23.5. The van der Waals surface area contributed by atoms with E-state index in [9.17, 15) is 9.59 Å². The maximum Gasteiger partial charge on any atom is 0.340 e. The van der Waals surface area contributed by atoms with E-state index in [1.807, 2.05) is 31.2 Å². The van der Waals surface area contributed by atoms with Gasteiger partial charge in [-0.05, 0) is 36.2 Å². The number of rotatable bonds is 3. The van der Waals surface area contributed by atoms with E-state index in [0.717, 1.165) is 11.1 Å². The van der Waals surface area contributed by atoms with Crippen LogP contribution in [0.15, 0.2) is 51.7 Å². The summed E-state index contributed by atoms with van der Waals surface area (Å²) in [5.74, 6) is -1.09. The molecule has 23 heavy (non-hydrogen) atoms. The minimum atomic E-state index is -1.09. The van der Waals surface area contributed by atoms with Gasteiger partial charge in [-0.2, -0.15) is 0 Å². The van der Waals surface area contributed by atoms with Crippen molar-refractivity contribution in [2.45, 2.75) is 13.3 Å². The second kappa shape index (κ2) is 5.89. The van der Waals surface area contributed by atoms with Crippen LogP contribution in [0, 0.1) is 6.92 Å². The molecule has 0 aliphatic rings. The van der Waals surface area contributed by atoms with Gasteiger partial charge in [-0.1, -0.05) is 35.9 Å². The average Bonchev–Trinajstić information content (AvgIpc) is 2.49. The quantitative estimate of drug-likeness (QED) is 0.736. The normalized spacial score (nSPS) is 10.9. The minimum absolute atomic E-state index is 0.126. The largest absolute Gasteiger partial charge is 0.481 e. The molecule has 0 aliphatic heterocycles. The third-order valence-electron chi connectivity index (χ3n) is 3.70. The summed E-state index contributed by atoms with van der Waals surface area (Å²) in [6, 6.07) is 12.4. The van der Waals surface area contributed by atoms with Crippen LogP contribution in [0.1, 0.15) is 11.1 Å². The summed E-state index contributed by atoms with van der Waals surface area (Å²) in [6.45, 7) is 1.91. The molecule has 0 spiro atoms. The average molecular weight is 329 g/mol. The number of hydrogen-bond donors (Lipinski definition) is 1. The van der Waals surface area contributed by atoms with E-state index in [1.54, 1.807) is 18.2 Å². The predicted molar refractivity (Wildman–Crippen MR) is 89.0 cm³/mol. The number of aliphatic carboxylic acids is 1. The molecule has 5 heteroatoms. The Balaban J connectivity index is 2.48. The number of fused-ring (bicyclic) bond motifs is 1. The first-order valence-electron chi connectivity index (χ1n) is 7.00. The Morgan fingerprint density at radius 1 is 1.22 bits per heavy atom. The van der Waals surface area contributed by atoms with E-state index in [1.165, 1.54) is 0 Å². The van der Waals surface area contributed by atoms with Crippen molar-refractivity contribution in [3.05, 3.63) is 69.0 Å². The molecule has 0 bridgehead atoms. The Hall–Kier alpha value is -2.59. The minimum Gasteiger partial charge on any atom is -0.481 e. The molecule has 1 aromatic heterocycles. The molecule has 4 nitrogen and oxygen atoms in total. The molecule has 3 rings (SSSR count). The molecule has 0 aliphatic carbocycles. The molecule has 0 saturated carbocycles. The first-order chi connectivity index (χ1) is 11.0. The molecular formula is C18H13ClO4. The summed E-state index contributed by atoms with van der Waals surface area (Å²) in [6.07, 6.45) is -0.408. The number of carbonyl (C=O) groups is 1. The van der Waals surface area contributed by atoms with Crippen molar-refractivity contribution in [3.8, 4) is 11.1 Å². The van der Waals surface area contributed by atoms with Crippen LogP contribution < -0.4 is 5.63 Å². The van der Waals surface area contributed by atoms with Gasteiger partial charge in [0, 0.05) is 16.0 Å². The highest BCUT2D eigenvalue weighted by Gasteiger charge is 2.19. The standard InChI is InChI=1S/C18H13ClO4/c1-10-4-2-3-5-12(10)17-13-8-11(19)6-7-15(13)23-18(22)14(17)9-16(20)21/h2-8H,9H2,1H3,(H,20,21). The highest BCUT2D eigenvalue weighted by Crippen LogP contribution is 2.34. The molecule has 0 unspecified atom stereocenters. The van der Waals surface area contributed by atoms with E-state index in [-0.39, 0.29) is 5.56 Å². The summed E-state index contributed by atoms with van der Waals surface area (Å²) in [5.41, 5.74) is 2.17. The highest BCUT2D eigenvalue weighted by atomic mass is 35.5. The van der Waals surface area contributed by atoms with Crippen molar-refractivity contribution >= 4 is 28.5 Å². The molecule has 0 radical (unpaired) electrons. The van der Waals surface area contributed by atoms with Gasteiger partial charge in [0.25, 0.3) is 0 Å². The summed E-state index contributed by atoms with van der Waals surface area (Å²) in [5, 5.41) is 10.3. The van der Waals surface area contributed by atoms with Crippen molar-refractivity contribution in [2.75, 3.05) is 0 Å². The Labute approximate surface area is 136 Å². The maximum atomic E-state index is 12.3. The Bertz CT molecular complexity index is 972. The third-order valence-corrected chi connectivity index (χ3v) is 3.94. The zero-order valence-corrected chi connectivity index (χ0v) is 13.1. The SMILES string of the molecule is Cc1ccccc1-c1c(CC(=O)O)c(=O)oc2ccc(Cl)cc12. The van der Waals surface area contributed by atoms with Gasteiger partial charge in [0.15, 0.2) is 0 Å². The molecule has 116 valence electrons. The van der Waals surface area contributed by atoms with Crippen LogP contribution in [-0.4, -0.2) is 11.1 Å². The van der Waals surface area contributed by atoms with E-state index < -0.39 is 18.0 Å². The number of halogens is 1. The van der Waals surface area contributed by atoms with Crippen molar-refractivity contribution in [1.29, 1.82) is 0 Å². The third kappa shape index (κ3) is 2.85. The van der Waals surface area contributed by atoms with Gasteiger partial charge < -0.3 is 9.52 Å². The number of benzene rings is 2. The van der Waals surface area contributed by atoms with Gasteiger partial charge in [0.05, 0.1) is 12.0 Å². The molecule has 0 saturated heterocycles. The Kier molecular flexibility index (Phi) is 3.92. The topological polar surface area (TPSA) is 67.5 Å². The summed E-state index contributed by atoms with van der Waals surface area (Å²) >= 11 is 6.08. The maximum absolute atomic E-state index is 12.3. The summed E-state index contributed by atoms with van der Waals surface area (Å²) in [7, 11) is 0. The highest BCUT2D eigenvalue weighted by molar-refractivity contribution is 6.31.